The first-order valence-electron chi connectivity index (χ1n) is 47.4. The van der Waals surface area contributed by atoms with Crippen LogP contribution in [0.4, 0.5) is 17.1 Å². The Balaban J connectivity index is 0.000000169. The second-order valence-corrected chi connectivity index (χ2v) is 48.1. The van der Waals surface area contributed by atoms with Crippen LogP contribution in [0, 0.1) is 0 Å². The van der Waals surface area contributed by atoms with Crippen LogP contribution in [-0.4, -0.2) is 0 Å². The molecule has 4 aliphatic carbocycles. The number of halogens is 1. The minimum Gasteiger partial charge on any atom is -0.310 e. The summed E-state index contributed by atoms with van der Waals surface area (Å²) < 4.78 is 1.13. The highest BCUT2D eigenvalue weighted by Gasteiger charge is 2.38. The van der Waals surface area contributed by atoms with Gasteiger partial charge in [-0.1, -0.05) is 430 Å². The van der Waals surface area contributed by atoms with E-state index in [0.29, 0.717) is 5.92 Å². The molecule has 0 heterocycles. The molecule has 2 fully saturated rings. The number of benzene rings is 12. The summed E-state index contributed by atoms with van der Waals surface area (Å²) in [5.74, 6) is 1.45. The number of fused-ring (bicyclic) bond motifs is 6. The van der Waals surface area contributed by atoms with Gasteiger partial charge in [-0.3, -0.25) is 0 Å². The normalized spacial score (nSPS) is 15.5. The molecule has 0 aromatic heterocycles. The SMILES string of the molecule is CC(C)(C)c1cc(-c2cc(N(c3ccc(C4CCCCC4)cc3)c3ccc4c(c3)C(C)(C)c3ccccc3-4)cc(C(C)(C)C)c2)cc(-c2cc(C(C)(C)C)cc(C(C)(C)C)c2)c1.CC(C)(C)c1cc(Br)cc(-c2cc(-c3cc(C(C)(C)C)cc(C(C)(C)C)c3)cc(C(C)(C)C)c2)c1.CC1(C)c2ccccc2-c2ccc(Cc3ccc(C4CCCCC4)cc3)cc21. The molecule has 0 amide bonds. The lowest BCUT2D eigenvalue weighted by molar-refractivity contribution is 0.443. The summed E-state index contributed by atoms with van der Waals surface area (Å²) in [4.78, 5) is 2.54. The molecule has 0 unspecified atom stereocenters. The summed E-state index contributed by atoms with van der Waals surface area (Å²) >= 11 is 3.79. The van der Waals surface area contributed by atoms with E-state index in [-0.39, 0.29) is 54.1 Å². The predicted molar refractivity (Wildman–Crippen MR) is 549 cm³/mol. The molecule has 12 aromatic carbocycles. The van der Waals surface area contributed by atoms with Gasteiger partial charge < -0.3 is 4.90 Å². The maximum atomic E-state index is 3.79. The summed E-state index contributed by atoms with van der Waals surface area (Å²) in [5, 5.41) is 0. The molecule has 2 heteroatoms. The molecule has 0 bridgehead atoms. The van der Waals surface area contributed by atoms with E-state index in [4.69, 9.17) is 0 Å². The number of nitrogens with zero attached hydrogens (tertiary/aromatic N) is 1. The van der Waals surface area contributed by atoms with Crippen molar-refractivity contribution in [1.82, 2.24) is 0 Å². The highest BCUT2D eigenvalue weighted by Crippen LogP contribution is 2.54. The monoisotopic (exact) mass is 1720 g/mol. The minimum absolute atomic E-state index is 0.0318. The predicted octanol–water partition coefficient (Wildman–Crippen LogP) is 36.6. The third kappa shape index (κ3) is 20.6. The Labute approximate surface area is 765 Å². The fraction of sp³-hybridized carbons (Fsp3) is 0.415. The van der Waals surface area contributed by atoms with Crippen LogP contribution >= 0.6 is 15.9 Å². The van der Waals surface area contributed by atoms with E-state index in [2.05, 4.69) is 457 Å². The number of anilines is 3. The van der Waals surface area contributed by atoms with Crippen molar-refractivity contribution in [2.75, 3.05) is 4.90 Å². The van der Waals surface area contributed by atoms with E-state index in [0.717, 1.165) is 16.8 Å². The third-order valence-corrected chi connectivity index (χ3v) is 28.7. The van der Waals surface area contributed by atoms with Crippen molar-refractivity contribution >= 4 is 33.0 Å². The number of hydrogen-bond acceptors (Lipinski definition) is 1. The Bertz CT molecular complexity index is 5830. The molecular formula is C123H148BrN. The molecule has 4 aliphatic rings. The average Bonchev–Trinajstić information content (AvgIpc) is 1.59. The summed E-state index contributed by atoms with van der Waals surface area (Å²) in [6, 6.07) is 94.7. The quantitative estimate of drug-likeness (QED) is 0.125. The zero-order valence-corrected chi connectivity index (χ0v) is 83.4. The highest BCUT2D eigenvalue weighted by atomic mass is 79.9. The van der Waals surface area contributed by atoms with Crippen molar-refractivity contribution < 1.29 is 0 Å². The van der Waals surface area contributed by atoms with Crippen molar-refractivity contribution in [3.05, 3.63) is 336 Å². The minimum atomic E-state index is -0.0994. The van der Waals surface area contributed by atoms with Crippen LogP contribution in [-0.2, 0) is 60.6 Å². The molecule has 0 spiro atoms. The Kier molecular flexibility index (Phi) is 25.7. The van der Waals surface area contributed by atoms with Crippen LogP contribution < -0.4 is 4.90 Å². The standard InChI is InChI=1S/C61H73N.C34H45Br.C28H30/c1-57(2,3)46-31-42(44-33-47(58(4,5)6)37-48(34-44)59(7,8)9)30-43(32-46)45-35-49(60(10,11)12)38-52(36-45)62(50-26-24-41(25-27-50)40-20-16-15-17-21-40)51-28-29-54-53-22-18-19-23-55(53)61(13,14)56(54)39-51;1-31(2,3)26-14-22(24-16-27(32(4,5)6)20-28(17-24)33(7,8)9)13-23(15-26)25-18-29(34(10,11)12)21-30(35)19-25;1-28(2)26-11-7-6-10-24(26)25-17-14-21(19-27(25)28)18-20-12-15-23(16-13-20)22-8-4-3-5-9-22/h18-19,22-40H,15-17,20-21H2,1-14H3;13-21H,1-12H3;6-7,10-17,19,22H,3-5,8-9,18H2,1-2H3. The molecule has 12 aromatic rings. The van der Waals surface area contributed by atoms with Gasteiger partial charge in [0.05, 0.1) is 0 Å². The Morgan fingerprint density at radius 3 is 0.920 bits per heavy atom. The maximum Gasteiger partial charge on any atom is 0.0470 e. The zero-order chi connectivity index (χ0) is 90.3. The van der Waals surface area contributed by atoms with Crippen LogP contribution in [0.25, 0.3) is 66.8 Å². The van der Waals surface area contributed by atoms with E-state index in [1.807, 2.05) is 0 Å². The fourth-order valence-corrected chi connectivity index (χ4v) is 20.2. The van der Waals surface area contributed by atoms with Gasteiger partial charge in [0.15, 0.2) is 0 Å². The largest absolute Gasteiger partial charge is 0.310 e. The van der Waals surface area contributed by atoms with Gasteiger partial charge in [-0.25, -0.2) is 0 Å². The van der Waals surface area contributed by atoms with Crippen LogP contribution in [0.5, 0.6) is 0 Å². The van der Waals surface area contributed by atoms with Gasteiger partial charge in [0.1, 0.15) is 0 Å². The van der Waals surface area contributed by atoms with Crippen molar-refractivity contribution in [2.24, 2.45) is 0 Å². The lowest BCUT2D eigenvalue weighted by atomic mass is 9.78. The van der Waals surface area contributed by atoms with Gasteiger partial charge in [0.25, 0.3) is 0 Å². The average molecular weight is 1720 g/mol. The van der Waals surface area contributed by atoms with Crippen LogP contribution in [0.3, 0.4) is 0 Å². The van der Waals surface area contributed by atoms with Gasteiger partial charge in [0, 0.05) is 32.4 Å². The lowest BCUT2D eigenvalue weighted by Gasteiger charge is -2.31. The first kappa shape index (κ1) is 92.1. The van der Waals surface area contributed by atoms with E-state index >= 15 is 0 Å². The van der Waals surface area contributed by atoms with Crippen molar-refractivity contribution in [3.8, 4) is 66.8 Å². The van der Waals surface area contributed by atoms with E-state index < -0.39 is 0 Å². The molecular weight excluding hydrogens is 1570 g/mol. The molecule has 125 heavy (non-hydrogen) atoms. The highest BCUT2D eigenvalue weighted by molar-refractivity contribution is 9.10. The summed E-state index contributed by atoms with van der Waals surface area (Å²) in [5.41, 5.74) is 42.1. The molecule has 2 saturated carbocycles. The molecule has 16 rings (SSSR count). The van der Waals surface area contributed by atoms with Crippen molar-refractivity contribution in [2.45, 2.75) is 330 Å². The molecule has 0 radical (unpaired) electrons. The van der Waals surface area contributed by atoms with Gasteiger partial charge in [-0.2, -0.15) is 0 Å². The van der Waals surface area contributed by atoms with Crippen LogP contribution in [0.2, 0.25) is 0 Å². The summed E-state index contributed by atoms with van der Waals surface area (Å²) in [6.07, 6.45) is 14.6. The maximum absolute atomic E-state index is 3.79. The molecule has 652 valence electrons. The fourth-order valence-electron chi connectivity index (χ4n) is 19.7. The molecule has 0 saturated heterocycles. The smallest absolute Gasteiger partial charge is 0.0470 e. The molecule has 0 atom stereocenters. The second kappa shape index (κ2) is 34.8. The van der Waals surface area contributed by atoms with E-state index in [1.165, 1.54) is 231 Å². The first-order chi connectivity index (χ1) is 58.4. The molecule has 1 nitrogen and oxygen atoms in total. The van der Waals surface area contributed by atoms with E-state index in [1.54, 1.807) is 5.56 Å². The third-order valence-electron chi connectivity index (χ3n) is 28.2. The topological polar surface area (TPSA) is 3.24 Å². The van der Waals surface area contributed by atoms with Crippen LogP contribution in [0.1, 0.15) is 359 Å². The number of rotatable bonds is 11. The molecule has 0 N–H and O–H groups in total. The lowest BCUT2D eigenvalue weighted by Crippen LogP contribution is -2.17. The summed E-state index contributed by atoms with van der Waals surface area (Å²) in [6.45, 7) is 65.3. The van der Waals surface area contributed by atoms with Crippen molar-refractivity contribution in [1.29, 1.82) is 0 Å². The van der Waals surface area contributed by atoms with Gasteiger partial charge >= 0.3 is 0 Å². The molecule has 0 aliphatic heterocycles. The van der Waals surface area contributed by atoms with Gasteiger partial charge in [-0.15, -0.1) is 0 Å². The Morgan fingerprint density at radius 1 is 0.248 bits per heavy atom. The Hall–Kier alpha value is -9.08. The van der Waals surface area contributed by atoms with E-state index in [9.17, 15) is 0 Å². The van der Waals surface area contributed by atoms with Gasteiger partial charge in [0.2, 0.25) is 0 Å². The second-order valence-electron chi connectivity index (χ2n) is 47.2. The Morgan fingerprint density at radius 2 is 0.536 bits per heavy atom. The summed E-state index contributed by atoms with van der Waals surface area (Å²) in [7, 11) is 0. The van der Waals surface area contributed by atoms with Gasteiger partial charge in [-0.05, 0) is 304 Å². The zero-order valence-electron chi connectivity index (χ0n) is 81.9. The number of hydrogen-bond donors (Lipinski definition) is 0. The first-order valence-corrected chi connectivity index (χ1v) is 48.2. The van der Waals surface area contributed by atoms with Crippen LogP contribution in [0.15, 0.2) is 247 Å². The van der Waals surface area contributed by atoms with Crippen molar-refractivity contribution in [3.63, 3.8) is 0 Å².